The predicted molar refractivity (Wildman–Crippen MR) is 44.5 cm³/mol. The van der Waals surface area contributed by atoms with Crippen LogP contribution in [0.5, 0.6) is 5.88 Å². The summed E-state index contributed by atoms with van der Waals surface area (Å²) in [7, 11) is 1.57. The van der Waals surface area contributed by atoms with Crippen molar-refractivity contribution in [2.75, 3.05) is 7.11 Å². The van der Waals surface area contributed by atoms with Crippen molar-refractivity contribution in [3.63, 3.8) is 0 Å². The van der Waals surface area contributed by atoms with Gasteiger partial charge in [0.05, 0.1) is 13.7 Å². The molecule has 0 unspecified atom stereocenters. The van der Waals surface area contributed by atoms with E-state index in [4.69, 9.17) is 10.6 Å². The molecule has 0 fully saturated rings. The van der Waals surface area contributed by atoms with E-state index >= 15 is 0 Å². The summed E-state index contributed by atoms with van der Waals surface area (Å²) in [6.45, 7) is 2.28. The summed E-state index contributed by atoms with van der Waals surface area (Å²) < 4.78 is 5.03. The minimum atomic E-state index is 0.322. The lowest BCUT2D eigenvalue weighted by Crippen LogP contribution is -2.04. The Morgan fingerprint density at radius 1 is 1.58 bits per heavy atom. The molecule has 0 saturated heterocycles. The van der Waals surface area contributed by atoms with Crippen molar-refractivity contribution in [2.45, 2.75) is 13.5 Å². The Kier molecular flexibility index (Phi) is 3.01. The first-order valence-electron chi connectivity index (χ1n) is 3.59. The monoisotopic (exact) mass is 168 g/mol. The molecule has 0 amide bonds. The molecule has 0 saturated carbocycles. The lowest BCUT2D eigenvalue weighted by atomic mass is 10.2. The summed E-state index contributed by atoms with van der Waals surface area (Å²) in [6, 6.07) is 1.89. The van der Waals surface area contributed by atoms with E-state index < -0.39 is 0 Å². The van der Waals surface area contributed by atoms with Gasteiger partial charge in [0, 0.05) is 11.8 Å². The zero-order valence-electron chi connectivity index (χ0n) is 7.20. The number of rotatable bonds is 3. The third-order valence-electron chi connectivity index (χ3n) is 1.67. The van der Waals surface area contributed by atoms with Gasteiger partial charge in [0.2, 0.25) is 5.88 Å². The molecule has 0 aliphatic rings. The summed E-state index contributed by atoms with van der Waals surface area (Å²) in [4.78, 5) is 8.55. The van der Waals surface area contributed by atoms with Crippen LogP contribution in [0.15, 0.2) is 12.3 Å². The van der Waals surface area contributed by atoms with Gasteiger partial charge in [0.1, 0.15) is 0 Å². The van der Waals surface area contributed by atoms with Crippen molar-refractivity contribution in [2.24, 2.45) is 5.90 Å². The Bertz CT molecular complexity index is 263. The van der Waals surface area contributed by atoms with E-state index in [2.05, 4.69) is 9.82 Å². The van der Waals surface area contributed by atoms with Crippen LogP contribution in [0.2, 0.25) is 0 Å². The summed E-state index contributed by atoms with van der Waals surface area (Å²) >= 11 is 0. The Labute approximate surface area is 71.3 Å². The van der Waals surface area contributed by atoms with Crippen molar-refractivity contribution >= 4 is 0 Å². The molecule has 0 aliphatic heterocycles. The fourth-order valence-corrected chi connectivity index (χ4v) is 0.999. The molecule has 0 spiro atoms. The zero-order chi connectivity index (χ0) is 8.97. The van der Waals surface area contributed by atoms with Gasteiger partial charge in [0.25, 0.3) is 0 Å². The number of hydrogen-bond acceptors (Lipinski definition) is 4. The minimum absolute atomic E-state index is 0.322. The number of aromatic nitrogens is 1. The van der Waals surface area contributed by atoms with Crippen LogP contribution >= 0.6 is 0 Å². The van der Waals surface area contributed by atoms with E-state index in [0.29, 0.717) is 12.5 Å². The predicted octanol–water partition coefficient (Wildman–Crippen LogP) is 0.789. The average molecular weight is 168 g/mol. The fourth-order valence-electron chi connectivity index (χ4n) is 0.999. The lowest BCUT2D eigenvalue weighted by molar-refractivity contribution is 0.121. The molecule has 0 aromatic carbocycles. The normalized spacial score (nSPS) is 9.92. The molecular formula is C8H12N2O2. The third-order valence-corrected chi connectivity index (χ3v) is 1.67. The largest absolute Gasteiger partial charge is 0.481 e. The third kappa shape index (κ3) is 1.72. The molecule has 0 aliphatic carbocycles. The highest BCUT2D eigenvalue weighted by Crippen LogP contribution is 2.18. The molecular weight excluding hydrogens is 156 g/mol. The Morgan fingerprint density at radius 2 is 2.33 bits per heavy atom. The number of nitrogens with two attached hydrogens (primary N) is 1. The molecule has 1 aromatic rings. The van der Waals surface area contributed by atoms with E-state index in [1.807, 2.05) is 13.0 Å². The second kappa shape index (κ2) is 4.04. The van der Waals surface area contributed by atoms with Gasteiger partial charge in [-0.1, -0.05) is 0 Å². The van der Waals surface area contributed by atoms with Gasteiger partial charge >= 0.3 is 0 Å². The van der Waals surface area contributed by atoms with Gasteiger partial charge in [-0.3, -0.25) is 4.84 Å². The maximum Gasteiger partial charge on any atom is 0.218 e. The molecule has 0 radical (unpaired) electrons. The SMILES string of the molecule is COc1nccc(C)c1CON. The highest BCUT2D eigenvalue weighted by Gasteiger charge is 2.06. The number of nitrogens with zero attached hydrogens (tertiary/aromatic N) is 1. The van der Waals surface area contributed by atoms with Gasteiger partial charge in [0.15, 0.2) is 0 Å². The number of aryl methyl sites for hydroxylation is 1. The number of ether oxygens (including phenoxy) is 1. The first kappa shape index (κ1) is 8.96. The molecule has 66 valence electrons. The smallest absolute Gasteiger partial charge is 0.218 e. The second-order valence-corrected chi connectivity index (χ2v) is 2.43. The van der Waals surface area contributed by atoms with Crippen molar-refractivity contribution in [3.8, 4) is 5.88 Å². The van der Waals surface area contributed by atoms with E-state index in [-0.39, 0.29) is 0 Å². The Morgan fingerprint density at radius 3 is 2.92 bits per heavy atom. The molecule has 2 N–H and O–H groups in total. The highest BCUT2D eigenvalue weighted by molar-refractivity contribution is 5.32. The summed E-state index contributed by atoms with van der Waals surface area (Å²) in [5.41, 5.74) is 1.95. The molecule has 4 heteroatoms. The van der Waals surface area contributed by atoms with Crippen LogP contribution in [0.4, 0.5) is 0 Å². The van der Waals surface area contributed by atoms with Crippen molar-refractivity contribution in [1.29, 1.82) is 0 Å². The van der Waals surface area contributed by atoms with Crippen LogP contribution in [0.3, 0.4) is 0 Å². The molecule has 0 atom stereocenters. The first-order chi connectivity index (χ1) is 5.79. The van der Waals surface area contributed by atoms with Gasteiger partial charge < -0.3 is 4.74 Å². The lowest BCUT2D eigenvalue weighted by Gasteiger charge is -2.07. The number of pyridine rings is 1. The fraction of sp³-hybridized carbons (Fsp3) is 0.375. The van der Waals surface area contributed by atoms with Crippen LogP contribution in [0, 0.1) is 6.92 Å². The molecule has 1 aromatic heterocycles. The number of hydrogen-bond donors (Lipinski definition) is 1. The molecule has 1 heterocycles. The van der Waals surface area contributed by atoms with E-state index in [9.17, 15) is 0 Å². The second-order valence-electron chi connectivity index (χ2n) is 2.43. The topological polar surface area (TPSA) is 57.4 Å². The van der Waals surface area contributed by atoms with Gasteiger partial charge in [-0.2, -0.15) is 0 Å². The molecule has 12 heavy (non-hydrogen) atoms. The summed E-state index contributed by atoms with van der Waals surface area (Å²) in [5.74, 6) is 5.54. The molecule has 1 rings (SSSR count). The van der Waals surface area contributed by atoms with Crippen LogP contribution in [-0.2, 0) is 11.4 Å². The van der Waals surface area contributed by atoms with Crippen LogP contribution in [0.25, 0.3) is 0 Å². The van der Waals surface area contributed by atoms with Gasteiger partial charge in [-0.05, 0) is 18.6 Å². The quantitative estimate of drug-likeness (QED) is 0.678. The Balaban J connectivity index is 3.02. The molecule has 0 bridgehead atoms. The highest BCUT2D eigenvalue weighted by atomic mass is 16.6. The maximum atomic E-state index is 5.03. The van der Waals surface area contributed by atoms with E-state index in [1.165, 1.54) is 0 Å². The average Bonchev–Trinajstić information content (AvgIpc) is 2.09. The minimum Gasteiger partial charge on any atom is -0.481 e. The van der Waals surface area contributed by atoms with Crippen LogP contribution in [-0.4, -0.2) is 12.1 Å². The van der Waals surface area contributed by atoms with Gasteiger partial charge in [-0.25, -0.2) is 10.9 Å². The number of methoxy groups -OCH3 is 1. The standard InChI is InChI=1S/C8H12N2O2/c1-6-3-4-10-8(11-2)7(6)5-12-9/h3-4H,5,9H2,1-2H3. The van der Waals surface area contributed by atoms with Crippen molar-refractivity contribution in [3.05, 3.63) is 23.4 Å². The van der Waals surface area contributed by atoms with Gasteiger partial charge in [-0.15, -0.1) is 0 Å². The maximum absolute atomic E-state index is 5.03. The van der Waals surface area contributed by atoms with E-state index in [1.54, 1.807) is 13.3 Å². The van der Waals surface area contributed by atoms with Crippen molar-refractivity contribution in [1.82, 2.24) is 4.98 Å². The van der Waals surface area contributed by atoms with Crippen molar-refractivity contribution < 1.29 is 9.57 Å². The molecule has 4 nitrogen and oxygen atoms in total. The summed E-state index contributed by atoms with van der Waals surface area (Å²) in [5, 5.41) is 0. The van der Waals surface area contributed by atoms with Crippen LogP contribution in [0.1, 0.15) is 11.1 Å². The zero-order valence-corrected chi connectivity index (χ0v) is 7.20. The van der Waals surface area contributed by atoms with E-state index in [0.717, 1.165) is 11.1 Å². The summed E-state index contributed by atoms with van der Waals surface area (Å²) in [6.07, 6.45) is 1.69. The van der Waals surface area contributed by atoms with Crippen LogP contribution < -0.4 is 10.6 Å². The first-order valence-corrected chi connectivity index (χ1v) is 3.59. The Hall–Kier alpha value is -1.13.